The molecule has 0 aromatic rings. The van der Waals surface area contributed by atoms with E-state index >= 15 is 0 Å². The highest BCUT2D eigenvalue weighted by Gasteiger charge is 2.24. The standard InChI is InChI=1S/C17H32N2O4/c1-4-7-9-13(6-3)16(21)23-17(22)14(18)10-11-15(20)19-12-8-5-2/h13-14H,4-12,18H2,1-3H3,(H,19,20)/t13?,14-/m0/s1. The van der Waals surface area contributed by atoms with Crippen LogP contribution in [0.3, 0.4) is 0 Å². The molecule has 0 spiro atoms. The van der Waals surface area contributed by atoms with E-state index in [0.29, 0.717) is 19.4 Å². The van der Waals surface area contributed by atoms with Crippen LogP contribution in [0.5, 0.6) is 0 Å². The molecule has 0 aliphatic carbocycles. The third kappa shape index (κ3) is 10.0. The van der Waals surface area contributed by atoms with Gasteiger partial charge >= 0.3 is 11.9 Å². The van der Waals surface area contributed by atoms with Crippen molar-refractivity contribution in [3.63, 3.8) is 0 Å². The fourth-order valence-electron chi connectivity index (χ4n) is 2.09. The first kappa shape index (κ1) is 21.6. The number of unbranched alkanes of at least 4 members (excludes halogenated alkanes) is 2. The van der Waals surface area contributed by atoms with Gasteiger partial charge in [-0.15, -0.1) is 0 Å². The summed E-state index contributed by atoms with van der Waals surface area (Å²) < 4.78 is 4.86. The molecule has 134 valence electrons. The van der Waals surface area contributed by atoms with E-state index in [9.17, 15) is 14.4 Å². The zero-order chi connectivity index (χ0) is 17.7. The van der Waals surface area contributed by atoms with Gasteiger partial charge in [-0.05, 0) is 25.7 Å². The fraction of sp³-hybridized carbons (Fsp3) is 0.824. The maximum atomic E-state index is 11.9. The van der Waals surface area contributed by atoms with Crippen LogP contribution in [0.4, 0.5) is 0 Å². The molecule has 3 N–H and O–H groups in total. The van der Waals surface area contributed by atoms with Crippen molar-refractivity contribution in [1.82, 2.24) is 5.32 Å². The Bertz CT molecular complexity index is 372. The summed E-state index contributed by atoms with van der Waals surface area (Å²) >= 11 is 0. The van der Waals surface area contributed by atoms with E-state index in [4.69, 9.17) is 10.5 Å². The highest BCUT2D eigenvalue weighted by Crippen LogP contribution is 2.15. The number of hydrogen-bond donors (Lipinski definition) is 2. The van der Waals surface area contributed by atoms with Gasteiger partial charge in [0.15, 0.2) is 0 Å². The van der Waals surface area contributed by atoms with Crippen LogP contribution >= 0.6 is 0 Å². The molecule has 0 aliphatic heterocycles. The first-order valence-electron chi connectivity index (χ1n) is 8.73. The van der Waals surface area contributed by atoms with E-state index in [1.807, 2.05) is 20.8 Å². The Labute approximate surface area is 139 Å². The average Bonchev–Trinajstić information content (AvgIpc) is 2.53. The minimum absolute atomic E-state index is 0.137. The van der Waals surface area contributed by atoms with Gasteiger partial charge in [-0.2, -0.15) is 0 Å². The Balaban J connectivity index is 4.13. The second-order valence-corrected chi connectivity index (χ2v) is 5.84. The average molecular weight is 328 g/mol. The quantitative estimate of drug-likeness (QED) is 0.325. The molecule has 2 atom stereocenters. The first-order valence-corrected chi connectivity index (χ1v) is 8.73. The van der Waals surface area contributed by atoms with E-state index in [1.54, 1.807) is 0 Å². The van der Waals surface area contributed by atoms with Gasteiger partial charge in [0.25, 0.3) is 0 Å². The van der Waals surface area contributed by atoms with Gasteiger partial charge in [-0.1, -0.05) is 40.0 Å². The summed E-state index contributed by atoms with van der Waals surface area (Å²) in [4.78, 5) is 35.3. The van der Waals surface area contributed by atoms with Gasteiger partial charge < -0.3 is 15.8 Å². The molecular weight excluding hydrogens is 296 g/mol. The van der Waals surface area contributed by atoms with Crippen molar-refractivity contribution < 1.29 is 19.1 Å². The lowest BCUT2D eigenvalue weighted by atomic mass is 10.00. The molecule has 0 saturated carbocycles. The maximum Gasteiger partial charge on any atom is 0.330 e. The van der Waals surface area contributed by atoms with Crippen molar-refractivity contribution in [2.24, 2.45) is 11.7 Å². The summed E-state index contributed by atoms with van der Waals surface area (Å²) in [7, 11) is 0. The zero-order valence-corrected chi connectivity index (χ0v) is 14.7. The van der Waals surface area contributed by atoms with E-state index in [-0.39, 0.29) is 24.7 Å². The number of amides is 1. The van der Waals surface area contributed by atoms with Gasteiger partial charge in [0, 0.05) is 13.0 Å². The van der Waals surface area contributed by atoms with Crippen molar-refractivity contribution in [1.29, 1.82) is 0 Å². The monoisotopic (exact) mass is 328 g/mol. The molecule has 0 fully saturated rings. The molecule has 0 saturated heterocycles. The lowest BCUT2D eigenvalue weighted by Crippen LogP contribution is -2.36. The van der Waals surface area contributed by atoms with Crippen molar-refractivity contribution >= 4 is 17.8 Å². The van der Waals surface area contributed by atoms with E-state index in [0.717, 1.165) is 25.7 Å². The maximum absolute atomic E-state index is 11.9. The van der Waals surface area contributed by atoms with Crippen molar-refractivity contribution in [2.75, 3.05) is 6.54 Å². The summed E-state index contributed by atoms with van der Waals surface area (Å²) in [6.07, 6.45) is 5.53. The van der Waals surface area contributed by atoms with Gasteiger partial charge in [0.2, 0.25) is 5.91 Å². The molecule has 1 unspecified atom stereocenters. The smallest absolute Gasteiger partial charge is 0.330 e. The predicted octanol–water partition coefficient (Wildman–Crippen LogP) is 2.30. The molecular formula is C17H32N2O4. The molecule has 1 amide bonds. The van der Waals surface area contributed by atoms with Crippen molar-refractivity contribution in [2.45, 2.75) is 78.2 Å². The third-order valence-electron chi connectivity index (χ3n) is 3.77. The predicted molar refractivity (Wildman–Crippen MR) is 89.5 cm³/mol. The Kier molecular flexibility index (Phi) is 12.2. The molecule has 0 radical (unpaired) electrons. The van der Waals surface area contributed by atoms with Gasteiger partial charge in [-0.3, -0.25) is 9.59 Å². The van der Waals surface area contributed by atoms with E-state index in [1.165, 1.54) is 0 Å². The van der Waals surface area contributed by atoms with Crippen molar-refractivity contribution in [3.05, 3.63) is 0 Å². The number of esters is 2. The Morgan fingerprint density at radius 3 is 2.22 bits per heavy atom. The normalized spacial score (nSPS) is 13.2. The first-order chi connectivity index (χ1) is 11.0. The molecule has 0 heterocycles. The molecule has 0 aromatic heterocycles. The van der Waals surface area contributed by atoms with E-state index in [2.05, 4.69) is 5.32 Å². The topological polar surface area (TPSA) is 98.5 Å². The van der Waals surface area contributed by atoms with Crippen molar-refractivity contribution in [3.8, 4) is 0 Å². The molecule has 0 aliphatic rings. The summed E-state index contributed by atoms with van der Waals surface area (Å²) in [5.41, 5.74) is 5.70. The Hall–Kier alpha value is -1.43. The fourth-order valence-corrected chi connectivity index (χ4v) is 2.09. The highest BCUT2D eigenvalue weighted by molar-refractivity contribution is 5.89. The minimum atomic E-state index is -0.945. The summed E-state index contributed by atoms with van der Waals surface area (Å²) in [5.74, 6) is -1.65. The Morgan fingerprint density at radius 2 is 1.65 bits per heavy atom. The molecule has 0 bridgehead atoms. The number of carbonyl (C=O) groups excluding carboxylic acids is 3. The van der Waals surface area contributed by atoms with Crippen LogP contribution in [-0.2, 0) is 19.1 Å². The molecule has 23 heavy (non-hydrogen) atoms. The number of nitrogens with one attached hydrogen (secondary N) is 1. The van der Waals surface area contributed by atoms with Gasteiger partial charge in [-0.25, -0.2) is 4.79 Å². The SMILES string of the molecule is CCCCNC(=O)CC[C@H](N)C(=O)OC(=O)C(CC)CCCC. The lowest BCUT2D eigenvalue weighted by Gasteiger charge is -2.15. The molecule has 0 rings (SSSR count). The number of hydrogen-bond acceptors (Lipinski definition) is 5. The third-order valence-corrected chi connectivity index (χ3v) is 3.77. The van der Waals surface area contributed by atoms with Crippen LogP contribution in [0.2, 0.25) is 0 Å². The number of nitrogens with two attached hydrogens (primary N) is 1. The van der Waals surface area contributed by atoms with Crippen LogP contribution in [-0.4, -0.2) is 30.4 Å². The van der Waals surface area contributed by atoms with Crippen LogP contribution in [0, 0.1) is 5.92 Å². The summed E-state index contributed by atoms with van der Waals surface area (Å²) in [5, 5.41) is 2.76. The largest absolute Gasteiger partial charge is 0.392 e. The number of rotatable bonds is 12. The summed E-state index contributed by atoms with van der Waals surface area (Å²) in [6.45, 7) is 6.61. The second kappa shape index (κ2) is 13.0. The van der Waals surface area contributed by atoms with Gasteiger partial charge in [0.05, 0.1) is 5.92 Å². The Morgan fingerprint density at radius 1 is 1.00 bits per heavy atom. The zero-order valence-electron chi connectivity index (χ0n) is 14.7. The van der Waals surface area contributed by atoms with Crippen LogP contribution in [0.15, 0.2) is 0 Å². The molecule has 0 aromatic carbocycles. The molecule has 6 nitrogen and oxygen atoms in total. The lowest BCUT2D eigenvalue weighted by molar-refractivity contribution is -0.163. The number of ether oxygens (including phenoxy) is 1. The summed E-state index contributed by atoms with van der Waals surface area (Å²) in [6, 6.07) is -0.945. The van der Waals surface area contributed by atoms with Crippen LogP contribution < -0.4 is 11.1 Å². The van der Waals surface area contributed by atoms with Gasteiger partial charge in [0.1, 0.15) is 6.04 Å². The van der Waals surface area contributed by atoms with Crippen LogP contribution in [0.25, 0.3) is 0 Å². The van der Waals surface area contributed by atoms with E-state index < -0.39 is 18.0 Å². The highest BCUT2D eigenvalue weighted by atomic mass is 16.6. The molecule has 6 heteroatoms. The van der Waals surface area contributed by atoms with Crippen LogP contribution in [0.1, 0.15) is 72.1 Å². The second-order valence-electron chi connectivity index (χ2n) is 5.84. The minimum Gasteiger partial charge on any atom is -0.392 e. The number of carbonyl (C=O) groups is 3.